The van der Waals surface area contributed by atoms with Crippen molar-refractivity contribution in [2.75, 3.05) is 12.3 Å². The van der Waals surface area contributed by atoms with Gasteiger partial charge in [-0.05, 0) is 30.7 Å². The van der Waals surface area contributed by atoms with Crippen LogP contribution in [0.4, 0.5) is 0 Å². The van der Waals surface area contributed by atoms with Crippen LogP contribution in [0.15, 0.2) is 48.5 Å². The van der Waals surface area contributed by atoms with Crippen molar-refractivity contribution in [2.24, 2.45) is 0 Å². The smallest absolute Gasteiger partial charge is 0.251 e. The van der Waals surface area contributed by atoms with Gasteiger partial charge in [-0.25, -0.2) is 0 Å². The van der Waals surface area contributed by atoms with E-state index in [1.165, 1.54) is 11.1 Å². The van der Waals surface area contributed by atoms with Crippen molar-refractivity contribution >= 4 is 29.3 Å². The molecule has 0 saturated heterocycles. The summed E-state index contributed by atoms with van der Waals surface area (Å²) >= 11 is 7.68. The van der Waals surface area contributed by atoms with Crippen LogP contribution in [0, 0.1) is 6.92 Å². The lowest BCUT2D eigenvalue weighted by Crippen LogP contribution is -2.25. The fourth-order valence-corrected chi connectivity index (χ4v) is 2.85. The summed E-state index contributed by atoms with van der Waals surface area (Å²) in [6.45, 7) is 2.74. The van der Waals surface area contributed by atoms with Gasteiger partial charge < -0.3 is 5.32 Å². The topological polar surface area (TPSA) is 29.1 Å². The van der Waals surface area contributed by atoms with E-state index in [9.17, 15) is 4.79 Å². The van der Waals surface area contributed by atoms with Gasteiger partial charge in [0.1, 0.15) is 0 Å². The molecule has 110 valence electrons. The van der Waals surface area contributed by atoms with Crippen LogP contribution in [0.3, 0.4) is 0 Å². The van der Waals surface area contributed by atoms with E-state index in [1.807, 2.05) is 11.8 Å². The highest BCUT2D eigenvalue weighted by Crippen LogP contribution is 2.13. The largest absolute Gasteiger partial charge is 0.351 e. The number of hydrogen-bond acceptors (Lipinski definition) is 2. The van der Waals surface area contributed by atoms with Crippen LogP contribution >= 0.6 is 23.4 Å². The summed E-state index contributed by atoms with van der Waals surface area (Å²) in [6, 6.07) is 15.5. The SMILES string of the molecule is Cc1ccc(CSCCNC(=O)c2cccc(Cl)c2)cc1. The van der Waals surface area contributed by atoms with Gasteiger partial charge in [0.15, 0.2) is 0 Å². The number of benzene rings is 2. The first-order valence-electron chi connectivity index (χ1n) is 6.82. The van der Waals surface area contributed by atoms with E-state index in [0.717, 1.165) is 11.5 Å². The van der Waals surface area contributed by atoms with E-state index >= 15 is 0 Å². The Kier molecular flexibility index (Phi) is 6.15. The predicted octanol–water partition coefficient (Wildman–Crippen LogP) is 4.31. The van der Waals surface area contributed by atoms with Gasteiger partial charge >= 0.3 is 0 Å². The first-order valence-corrected chi connectivity index (χ1v) is 8.35. The summed E-state index contributed by atoms with van der Waals surface area (Å²) in [4.78, 5) is 11.9. The molecule has 0 aromatic heterocycles. The molecule has 1 amide bonds. The lowest BCUT2D eigenvalue weighted by atomic mass is 10.2. The summed E-state index contributed by atoms with van der Waals surface area (Å²) in [5, 5.41) is 3.48. The van der Waals surface area contributed by atoms with Gasteiger partial charge in [0.2, 0.25) is 0 Å². The molecule has 0 heterocycles. The zero-order valence-electron chi connectivity index (χ0n) is 11.9. The predicted molar refractivity (Wildman–Crippen MR) is 91.1 cm³/mol. The van der Waals surface area contributed by atoms with Gasteiger partial charge in [-0.15, -0.1) is 0 Å². The monoisotopic (exact) mass is 319 g/mol. The Balaban J connectivity index is 1.68. The molecule has 0 spiro atoms. The standard InChI is InChI=1S/C17H18ClNOS/c1-13-5-7-14(8-6-13)12-21-10-9-19-17(20)15-3-2-4-16(18)11-15/h2-8,11H,9-10,12H2,1H3,(H,19,20). The van der Waals surface area contributed by atoms with Gasteiger partial charge in [0, 0.05) is 28.6 Å². The summed E-state index contributed by atoms with van der Waals surface area (Å²) in [5.41, 5.74) is 3.19. The molecule has 1 N–H and O–H groups in total. The number of rotatable bonds is 6. The number of thioether (sulfide) groups is 1. The number of aryl methyl sites for hydroxylation is 1. The van der Waals surface area contributed by atoms with E-state index < -0.39 is 0 Å². The molecule has 2 rings (SSSR count). The first-order chi connectivity index (χ1) is 10.1. The van der Waals surface area contributed by atoms with E-state index in [1.54, 1.807) is 24.3 Å². The Bertz CT molecular complexity index is 598. The average molecular weight is 320 g/mol. The van der Waals surface area contributed by atoms with Crippen LogP contribution in [0.25, 0.3) is 0 Å². The fraction of sp³-hybridized carbons (Fsp3) is 0.235. The second-order valence-electron chi connectivity index (χ2n) is 4.80. The van der Waals surface area contributed by atoms with Crippen LogP contribution in [-0.4, -0.2) is 18.2 Å². The van der Waals surface area contributed by atoms with Crippen LogP contribution < -0.4 is 5.32 Å². The zero-order chi connectivity index (χ0) is 15.1. The zero-order valence-corrected chi connectivity index (χ0v) is 13.5. The highest BCUT2D eigenvalue weighted by Gasteiger charge is 2.04. The van der Waals surface area contributed by atoms with Crippen molar-refractivity contribution in [3.8, 4) is 0 Å². The highest BCUT2D eigenvalue weighted by atomic mass is 35.5. The molecule has 0 aliphatic rings. The van der Waals surface area contributed by atoms with Gasteiger partial charge in [-0.3, -0.25) is 4.79 Å². The van der Waals surface area contributed by atoms with E-state index in [2.05, 4.69) is 36.5 Å². The van der Waals surface area contributed by atoms with E-state index in [4.69, 9.17) is 11.6 Å². The lowest BCUT2D eigenvalue weighted by Gasteiger charge is -2.06. The van der Waals surface area contributed by atoms with Crippen molar-refractivity contribution in [3.63, 3.8) is 0 Å². The number of amides is 1. The van der Waals surface area contributed by atoms with Gasteiger partial charge in [-0.2, -0.15) is 11.8 Å². The molecular formula is C17H18ClNOS. The first kappa shape index (κ1) is 15.9. The maximum Gasteiger partial charge on any atom is 0.251 e. The second-order valence-corrected chi connectivity index (χ2v) is 6.35. The summed E-state index contributed by atoms with van der Waals surface area (Å²) < 4.78 is 0. The van der Waals surface area contributed by atoms with Crippen LogP contribution in [0.5, 0.6) is 0 Å². The Morgan fingerprint density at radius 3 is 2.67 bits per heavy atom. The van der Waals surface area contributed by atoms with Crippen molar-refractivity contribution in [3.05, 3.63) is 70.2 Å². The number of halogens is 1. The Morgan fingerprint density at radius 1 is 1.19 bits per heavy atom. The Labute approximate surface area is 134 Å². The minimum absolute atomic E-state index is 0.0755. The molecular weight excluding hydrogens is 302 g/mol. The molecule has 0 aliphatic carbocycles. The summed E-state index contributed by atoms with van der Waals surface area (Å²) in [5.74, 6) is 1.78. The molecule has 2 aromatic rings. The maximum atomic E-state index is 11.9. The van der Waals surface area contributed by atoms with Crippen LogP contribution in [-0.2, 0) is 5.75 Å². The normalized spacial score (nSPS) is 10.4. The van der Waals surface area contributed by atoms with Crippen LogP contribution in [0.1, 0.15) is 21.5 Å². The molecule has 0 atom stereocenters. The molecule has 0 radical (unpaired) electrons. The number of hydrogen-bond donors (Lipinski definition) is 1. The quantitative estimate of drug-likeness (QED) is 0.804. The third-order valence-electron chi connectivity index (χ3n) is 3.01. The molecule has 0 fully saturated rings. The third-order valence-corrected chi connectivity index (χ3v) is 4.27. The molecule has 0 aliphatic heterocycles. The average Bonchev–Trinajstić information content (AvgIpc) is 2.48. The number of carbonyl (C=O) groups excluding carboxylic acids is 1. The highest BCUT2D eigenvalue weighted by molar-refractivity contribution is 7.98. The second kappa shape index (κ2) is 8.11. The number of nitrogens with one attached hydrogen (secondary N) is 1. The summed E-state index contributed by atoms with van der Waals surface area (Å²) in [7, 11) is 0. The minimum atomic E-state index is -0.0755. The third kappa shape index (κ3) is 5.44. The molecule has 2 aromatic carbocycles. The Hall–Kier alpha value is -1.45. The summed E-state index contributed by atoms with van der Waals surface area (Å²) in [6.07, 6.45) is 0. The molecule has 4 heteroatoms. The fourth-order valence-electron chi connectivity index (χ4n) is 1.84. The van der Waals surface area contributed by atoms with Crippen LogP contribution in [0.2, 0.25) is 5.02 Å². The minimum Gasteiger partial charge on any atom is -0.351 e. The van der Waals surface area contributed by atoms with E-state index in [0.29, 0.717) is 17.1 Å². The maximum absolute atomic E-state index is 11.9. The molecule has 0 unspecified atom stereocenters. The van der Waals surface area contributed by atoms with Crippen molar-refractivity contribution in [1.29, 1.82) is 0 Å². The van der Waals surface area contributed by atoms with Crippen molar-refractivity contribution < 1.29 is 4.79 Å². The molecule has 0 saturated carbocycles. The number of carbonyl (C=O) groups is 1. The Morgan fingerprint density at radius 2 is 1.95 bits per heavy atom. The molecule has 21 heavy (non-hydrogen) atoms. The van der Waals surface area contributed by atoms with Gasteiger partial charge in [0.25, 0.3) is 5.91 Å². The van der Waals surface area contributed by atoms with E-state index in [-0.39, 0.29) is 5.91 Å². The van der Waals surface area contributed by atoms with Gasteiger partial charge in [0.05, 0.1) is 0 Å². The van der Waals surface area contributed by atoms with Gasteiger partial charge in [-0.1, -0.05) is 47.5 Å². The van der Waals surface area contributed by atoms with Crippen molar-refractivity contribution in [1.82, 2.24) is 5.32 Å². The lowest BCUT2D eigenvalue weighted by molar-refractivity contribution is 0.0956. The molecule has 2 nitrogen and oxygen atoms in total. The van der Waals surface area contributed by atoms with Crippen molar-refractivity contribution in [2.45, 2.75) is 12.7 Å². The molecule has 0 bridgehead atoms.